The molecule has 1 atom stereocenters. The Bertz CT molecular complexity index is 914. The van der Waals surface area contributed by atoms with E-state index in [0.717, 1.165) is 22.5 Å². The lowest BCUT2D eigenvalue weighted by molar-refractivity contribution is -0.142. The van der Waals surface area contributed by atoms with Gasteiger partial charge in [-0.1, -0.05) is 65.0 Å². The summed E-state index contributed by atoms with van der Waals surface area (Å²) in [6.07, 6.45) is 0.477. The maximum atomic E-state index is 13.5. The topological polar surface area (TPSA) is 52.7 Å². The summed E-state index contributed by atoms with van der Waals surface area (Å²) in [6, 6.07) is 15.9. The van der Waals surface area contributed by atoms with Gasteiger partial charge in [0.15, 0.2) is 0 Å². The van der Waals surface area contributed by atoms with Crippen molar-refractivity contribution in [2.24, 2.45) is 11.3 Å². The number of benzene rings is 2. The zero-order valence-electron chi connectivity index (χ0n) is 20.9. The van der Waals surface area contributed by atoms with Gasteiger partial charge in [-0.15, -0.1) is 0 Å². The van der Waals surface area contributed by atoms with E-state index in [9.17, 15) is 9.59 Å². The van der Waals surface area contributed by atoms with Crippen molar-refractivity contribution < 1.29 is 9.59 Å². The molecule has 0 aliphatic heterocycles. The molecule has 0 heterocycles. The van der Waals surface area contributed by atoms with Crippen LogP contribution in [0.1, 0.15) is 65.1 Å². The number of anilines is 2. The lowest BCUT2D eigenvalue weighted by Gasteiger charge is -2.35. The van der Waals surface area contributed by atoms with Crippen molar-refractivity contribution in [3.63, 3.8) is 0 Å². The monoisotopic (exact) mass is 437 g/mol. The Morgan fingerprint density at radius 3 is 2.12 bits per heavy atom. The van der Waals surface area contributed by atoms with Crippen LogP contribution in [0.3, 0.4) is 0 Å². The van der Waals surface area contributed by atoms with Gasteiger partial charge in [0, 0.05) is 43.9 Å². The highest BCUT2D eigenvalue weighted by Gasteiger charge is 2.31. The number of rotatable bonds is 8. The van der Waals surface area contributed by atoms with Gasteiger partial charge in [0.2, 0.25) is 11.8 Å². The van der Waals surface area contributed by atoms with E-state index in [4.69, 9.17) is 0 Å². The number of hydrogen-bond acceptors (Lipinski definition) is 3. The Hall–Kier alpha value is -2.82. The highest BCUT2D eigenvalue weighted by atomic mass is 16.2. The van der Waals surface area contributed by atoms with E-state index in [1.807, 2.05) is 94.9 Å². The Kier molecular flexibility index (Phi) is 8.48. The molecular formula is C27H39N3O2. The number of nitrogens with zero attached hydrogens (tertiary/aromatic N) is 2. The van der Waals surface area contributed by atoms with E-state index in [-0.39, 0.29) is 17.9 Å². The first-order valence-electron chi connectivity index (χ1n) is 11.4. The van der Waals surface area contributed by atoms with Gasteiger partial charge in [-0.25, -0.2) is 0 Å². The molecule has 2 amide bonds. The van der Waals surface area contributed by atoms with E-state index in [1.54, 1.807) is 0 Å². The Morgan fingerprint density at radius 2 is 1.59 bits per heavy atom. The van der Waals surface area contributed by atoms with E-state index >= 15 is 0 Å². The summed E-state index contributed by atoms with van der Waals surface area (Å²) in [5, 5.41) is 3.01. The quantitative estimate of drug-likeness (QED) is 0.562. The SMILES string of the molecule is CC(C)CC(=O)Nc1ccc(N(C)C)c(CN(C(=O)C(C)(C)C)[C@H](C)c2ccccc2)c1. The molecule has 2 aromatic carbocycles. The molecule has 0 aliphatic rings. The molecule has 174 valence electrons. The van der Waals surface area contributed by atoms with Crippen LogP contribution in [0.4, 0.5) is 11.4 Å². The highest BCUT2D eigenvalue weighted by molar-refractivity contribution is 5.91. The summed E-state index contributed by atoms with van der Waals surface area (Å²) < 4.78 is 0. The van der Waals surface area contributed by atoms with Crippen LogP contribution in [-0.2, 0) is 16.1 Å². The summed E-state index contributed by atoms with van der Waals surface area (Å²) in [5.41, 5.74) is 3.37. The molecule has 0 saturated heterocycles. The first-order chi connectivity index (χ1) is 14.9. The summed E-state index contributed by atoms with van der Waals surface area (Å²) >= 11 is 0. The number of hydrogen-bond donors (Lipinski definition) is 1. The average Bonchev–Trinajstić information content (AvgIpc) is 2.70. The van der Waals surface area contributed by atoms with E-state index in [0.29, 0.717) is 18.9 Å². The van der Waals surface area contributed by atoms with Crippen molar-refractivity contribution in [3.8, 4) is 0 Å². The molecule has 0 radical (unpaired) electrons. The number of amides is 2. The second-order valence-electron chi connectivity index (χ2n) is 10.2. The lowest BCUT2D eigenvalue weighted by atomic mass is 9.92. The molecule has 0 spiro atoms. The predicted molar refractivity (Wildman–Crippen MR) is 134 cm³/mol. The van der Waals surface area contributed by atoms with Crippen LogP contribution >= 0.6 is 0 Å². The minimum Gasteiger partial charge on any atom is -0.377 e. The summed E-state index contributed by atoms with van der Waals surface area (Å²) in [5.74, 6) is 0.388. The smallest absolute Gasteiger partial charge is 0.228 e. The highest BCUT2D eigenvalue weighted by Crippen LogP contribution is 2.32. The van der Waals surface area contributed by atoms with Gasteiger partial charge in [-0.05, 0) is 42.2 Å². The summed E-state index contributed by atoms with van der Waals surface area (Å²) in [4.78, 5) is 29.8. The minimum absolute atomic E-state index is 0.00355. The third kappa shape index (κ3) is 6.84. The van der Waals surface area contributed by atoms with Gasteiger partial charge < -0.3 is 15.1 Å². The molecule has 2 aromatic rings. The first-order valence-corrected chi connectivity index (χ1v) is 11.4. The predicted octanol–water partition coefficient (Wildman–Crippen LogP) is 5.87. The molecule has 2 rings (SSSR count). The first kappa shape index (κ1) is 25.4. The van der Waals surface area contributed by atoms with Gasteiger partial charge in [-0.3, -0.25) is 9.59 Å². The lowest BCUT2D eigenvalue weighted by Crippen LogP contribution is -2.40. The summed E-state index contributed by atoms with van der Waals surface area (Å²) in [6.45, 7) is 12.4. The molecule has 0 saturated carbocycles. The second kappa shape index (κ2) is 10.7. The molecule has 0 bridgehead atoms. The van der Waals surface area contributed by atoms with Gasteiger partial charge in [0.05, 0.1) is 6.04 Å². The van der Waals surface area contributed by atoms with E-state index < -0.39 is 5.41 Å². The maximum absolute atomic E-state index is 13.5. The third-order valence-electron chi connectivity index (χ3n) is 5.43. The standard InChI is InChI=1S/C27H39N3O2/c1-19(2)16-25(31)28-23-14-15-24(29(7)8)22(17-23)18-30(26(32)27(4,5)6)20(3)21-12-10-9-11-13-21/h9-15,17,19-20H,16,18H2,1-8H3,(H,28,31)/t20-/m1/s1. The fourth-order valence-electron chi connectivity index (χ4n) is 3.72. The van der Waals surface area contributed by atoms with Gasteiger partial charge >= 0.3 is 0 Å². The van der Waals surface area contributed by atoms with Crippen LogP contribution in [-0.4, -0.2) is 30.8 Å². The molecule has 1 N–H and O–H groups in total. The average molecular weight is 438 g/mol. The van der Waals surface area contributed by atoms with Crippen LogP contribution < -0.4 is 10.2 Å². The fourth-order valence-corrected chi connectivity index (χ4v) is 3.72. The van der Waals surface area contributed by atoms with E-state index in [2.05, 4.69) is 24.4 Å². The van der Waals surface area contributed by atoms with Crippen LogP contribution in [0.5, 0.6) is 0 Å². The number of nitrogens with one attached hydrogen (secondary N) is 1. The summed E-state index contributed by atoms with van der Waals surface area (Å²) in [7, 11) is 3.98. The van der Waals surface area contributed by atoms with Crippen molar-refractivity contribution in [3.05, 3.63) is 59.7 Å². The van der Waals surface area contributed by atoms with Crippen LogP contribution in [0.2, 0.25) is 0 Å². The Labute approximate surface area is 193 Å². The third-order valence-corrected chi connectivity index (χ3v) is 5.43. The van der Waals surface area contributed by atoms with Crippen molar-refractivity contribution in [1.82, 2.24) is 4.90 Å². The normalized spacial score (nSPS) is 12.4. The zero-order chi connectivity index (χ0) is 24.1. The molecule has 0 unspecified atom stereocenters. The van der Waals surface area contributed by atoms with Crippen molar-refractivity contribution in [1.29, 1.82) is 0 Å². The number of carbonyl (C=O) groups excluding carboxylic acids is 2. The molecule has 32 heavy (non-hydrogen) atoms. The van der Waals surface area contributed by atoms with Crippen molar-refractivity contribution in [2.45, 2.75) is 60.5 Å². The molecular weight excluding hydrogens is 398 g/mol. The molecule has 5 heteroatoms. The van der Waals surface area contributed by atoms with Gasteiger partial charge in [0.25, 0.3) is 0 Å². The van der Waals surface area contributed by atoms with Crippen LogP contribution in [0.25, 0.3) is 0 Å². The zero-order valence-corrected chi connectivity index (χ0v) is 20.9. The largest absolute Gasteiger partial charge is 0.377 e. The fraction of sp³-hybridized carbons (Fsp3) is 0.481. The number of carbonyl (C=O) groups is 2. The van der Waals surface area contributed by atoms with Gasteiger partial charge in [0.1, 0.15) is 0 Å². The Balaban J connectivity index is 2.44. The molecule has 0 aliphatic carbocycles. The Morgan fingerprint density at radius 1 is 0.969 bits per heavy atom. The van der Waals surface area contributed by atoms with Crippen LogP contribution in [0, 0.1) is 11.3 Å². The van der Waals surface area contributed by atoms with E-state index in [1.165, 1.54) is 0 Å². The minimum atomic E-state index is -0.510. The van der Waals surface area contributed by atoms with Crippen molar-refractivity contribution >= 4 is 23.2 Å². The maximum Gasteiger partial charge on any atom is 0.228 e. The molecule has 0 aromatic heterocycles. The second-order valence-corrected chi connectivity index (χ2v) is 10.2. The van der Waals surface area contributed by atoms with Gasteiger partial charge in [-0.2, -0.15) is 0 Å². The van der Waals surface area contributed by atoms with Crippen molar-refractivity contribution in [2.75, 3.05) is 24.3 Å². The van der Waals surface area contributed by atoms with Crippen LogP contribution in [0.15, 0.2) is 48.5 Å². The molecule has 5 nitrogen and oxygen atoms in total. The molecule has 0 fully saturated rings.